The first-order valence-electron chi connectivity index (χ1n) is 11.6. The molecule has 9 heteroatoms. The van der Waals surface area contributed by atoms with E-state index in [2.05, 4.69) is 52.9 Å². The molecule has 4 rings (SSSR count). The van der Waals surface area contributed by atoms with E-state index in [1.54, 1.807) is 12.3 Å². The van der Waals surface area contributed by atoms with Gasteiger partial charge in [0.25, 0.3) is 0 Å². The van der Waals surface area contributed by atoms with Gasteiger partial charge in [0, 0.05) is 44.6 Å². The Morgan fingerprint density at radius 1 is 1.21 bits per heavy atom. The van der Waals surface area contributed by atoms with Crippen molar-refractivity contribution in [2.75, 3.05) is 31.1 Å². The maximum atomic E-state index is 14.1. The first kappa shape index (κ1) is 25.9. The molecular weight excluding hydrogens is 544 g/mol. The van der Waals surface area contributed by atoms with Crippen molar-refractivity contribution in [3.05, 3.63) is 71.9 Å². The second-order valence-corrected chi connectivity index (χ2v) is 8.27. The van der Waals surface area contributed by atoms with Gasteiger partial charge in [-0.2, -0.15) is 5.10 Å². The Bertz CT molecular complexity index is 1070. The van der Waals surface area contributed by atoms with E-state index in [1.165, 1.54) is 11.6 Å². The molecule has 0 spiro atoms. The Balaban J connectivity index is 0.00000324. The molecule has 34 heavy (non-hydrogen) atoms. The third kappa shape index (κ3) is 6.68. The molecule has 7 nitrogen and oxygen atoms in total. The summed E-state index contributed by atoms with van der Waals surface area (Å²) < 4.78 is 16.0. The number of guanidine groups is 1. The lowest BCUT2D eigenvalue weighted by molar-refractivity contribution is 0.612. The van der Waals surface area contributed by atoms with Crippen LogP contribution in [0.3, 0.4) is 0 Å². The number of nitrogens with zero attached hydrogens (tertiary/aromatic N) is 5. The molecule has 3 heterocycles. The van der Waals surface area contributed by atoms with Crippen molar-refractivity contribution in [2.45, 2.75) is 39.2 Å². The van der Waals surface area contributed by atoms with Gasteiger partial charge in [-0.25, -0.2) is 14.1 Å². The number of hydrogen-bond donors (Lipinski definition) is 2. The van der Waals surface area contributed by atoms with Gasteiger partial charge < -0.3 is 15.5 Å². The van der Waals surface area contributed by atoms with E-state index in [0.717, 1.165) is 56.2 Å². The van der Waals surface area contributed by atoms with Gasteiger partial charge in [0.15, 0.2) is 17.6 Å². The Morgan fingerprint density at radius 3 is 2.79 bits per heavy atom. The quantitative estimate of drug-likeness (QED) is 0.183. The lowest BCUT2D eigenvalue weighted by Crippen LogP contribution is -2.44. The van der Waals surface area contributed by atoms with Crippen molar-refractivity contribution in [1.82, 2.24) is 25.4 Å². The summed E-state index contributed by atoms with van der Waals surface area (Å²) in [5.74, 6) is 0.960. The second kappa shape index (κ2) is 12.7. The summed E-state index contributed by atoms with van der Waals surface area (Å²) in [6.45, 7) is 7.10. The van der Waals surface area contributed by atoms with Gasteiger partial charge in [-0.1, -0.05) is 18.2 Å². The summed E-state index contributed by atoms with van der Waals surface area (Å²) in [4.78, 5) is 10.9. The number of nitrogens with one attached hydrogen (secondary N) is 2. The fourth-order valence-electron chi connectivity index (χ4n) is 4.11. The van der Waals surface area contributed by atoms with Crippen molar-refractivity contribution in [3.63, 3.8) is 0 Å². The van der Waals surface area contributed by atoms with Crippen molar-refractivity contribution in [1.29, 1.82) is 0 Å². The average Bonchev–Trinajstić information content (AvgIpc) is 3.44. The number of halogens is 2. The number of aryl methyl sites for hydroxylation is 2. The number of rotatable bonds is 8. The highest BCUT2D eigenvalue weighted by molar-refractivity contribution is 14.0. The third-order valence-corrected chi connectivity index (χ3v) is 5.81. The number of aromatic nitrogens is 3. The topological polar surface area (TPSA) is 70.4 Å². The van der Waals surface area contributed by atoms with E-state index in [4.69, 9.17) is 4.99 Å². The van der Waals surface area contributed by atoms with Crippen molar-refractivity contribution in [3.8, 4) is 5.69 Å². The Kier molecular flexibility index (Phi) is 9.67. The number of hydrogen-bond acceptors (Lipinski definition) is 4. The van der Waals surface area contributed by atoms with E-state index >= 15 is 0 Å². The fraction of sp³-hybridized carbons (Fsp3) is 0.400. The van der Waals surface area contributed by atoms with Crippen LogP contribution in [0.25, 0.3) is 5.69 Å². The SMILES string of the molecule is CCNC(=NCCCc1cn(-c2ccccc2)nc1C)NC1CCN(c2ncccc2F)C1.I. The van der Waals surface area contributed by atoms with Gasteiger partial charge in [0.1, 0.15) is 0 Å². The van der Waals surface area contributed by atoms with E-state index < -0.39 is 0 Å². The molecule has 0 radical (unpaired) electrons. The molecule has 0 aliphatic carbocycles. The molecule has 1 fully saturated rings. The average molecular weight is 577 g/mol. The Morgan fingerprint density at radius 2 is 2.03 bits per heavy atom. The first-order valence-corrected chi connectivity index (χ1v) is 11.6. The Hall–Kier alpha value is -2.69. The van der Waals surface area contributed by atoms with Crippen LogP contribution in [0.15, 0.2) is 59.9 Å². The molecule has 0 bridgehead atoms. The van der Waals surface area contributed by atoms with E-state index in [9.17, 15) is 4.39 Å². The lowest BCUT2D eigenvalue weighted by Gasteiger charge is -2.19. The van der Waals surface area contributed by atoms with Gasteiger partial charge in [0.05, 0.1) is 11.4 Å². The van der Waals surface area contributed by atoms with E-state index in [0.29, 0.717) is 12.4 Å². The van der Waals surface area contributed by atoms with Gasteiger partial charge >= 0.3 is 0 Å². The molecule has 1 unspecified atom stereocenters. The summed E-state index contributed by atoms with van der Waals surface area (Å²) in [5, 5.41) is 11.5. The van der Waals surface area contributed by atoms with Crippen LogP contribution in [0.4, 0.5) is 10.2 Å². The smallest absolute Gasteiger partial charge is 0.191 e. The largest absolute Gasteiger partial charge is 0.357 e. The van der Waals surface area contributed by atoms with Gasteiger partial charge in [-0.15, -0.1) is 24.0 Å². The summed E-state index contributed by atoms with van der Waals surface area (Å²) in [7, 11) is 0. The highest BCUT2D eigenvalue weighted by Crippen LogP contribution is 2.20. The van der Waals surface area contributed by atoms with Crippen LogP contribution in [0.2, 0.25) is 0 Å². The van der Waals surface area contributed by atoms with Crippen LogP contribution in [0, 0.1) is 12.7 Å². The van der Waals surface area contributed by atoms with Crippen LogP contribution in [-0.4, -0.2) is 52.9 Å². The number of benzene rings is 1. The van der Waals surface area contributed by atoms with E-state index in [1.807, 2.05) is 27.8 Å². The zero-order valence-corrected chi connectivity index (χ0v) is 22.1. The summed E-state index contributed by atoms with van der Waals surface area (Å²) in [5.41, 5.74) is 3.37. The molecule has 2 aromatic heterocycles. The Labute approximate surface area is 217 Å². The normalized spacial score (nSPS) is 15.8. The predicted molar refractivity (Wildman–Crippen MR) is 146 cm³/mol. The minimum absolute atomic E-state index is 0. The van der Waals surface area contributed by atoms with Crippen LogP contribution in [-0.2, 0) is 6.42 Å². The molecule has 1 aliphatic heterocycles. The molecule has 1 aromatic carbocycles. The molecule has 0 amide bonds. The minimum atomic E-state index is -0.274. The molecule has 0 saturated carbocycles. The molecule has 1 atom stereocenters. The van der Waals surface area contributed by atoms with Crippen LogP contribution >= 0.6 is 24.0 Å². The fourth-order valence-corrected chi connectivity index (χ4v) is 4.11. The van der Waals surface area contributed by atoms with Crippen LogP contribution in [0.1, 0.15) is 31.0 Å². The number of para-hydroxylation sites is 1. The zero-order valence-electron chi connectivity index (χ0n) is 19.7. The zero-order chi connectivity index (χ0) is 23.0. The highest BCUT2D eigenvalue weighted by atomic mass is 127. The van der Waals surface area contributed by atoms with Crippen LogP contribution in [0.5, 0.6) is 0 Å². The number of anilines is 1. The predicted octanol–water partition coefficient (Wildman–Crippen LogP) is 4.10. The molecule has 2 N–H and O–H groups in total. The van der Waals surface area contributed by atoms with Gasteiger partial charge in [-0.05, 0) is 62.9 Å². The second-order valence-electron chi connectivity index (χ2n) is 8.27. The standard InChI is InChI=1S/C25H32FN7.HI/c1-3-27-25(30-21-13-16-32(18-21)24-23(26)12-8-14-28-24)29-15-7-9-20-17-33(31-19(20)2)22-10-5-4-6-11-22;/h4-6,8,10-12,14,17,21H,3,7,9,13,15-16,18H2,1-2H3,(H2,27,29,30);1H. The molecule has 182 valence electrons. The third-order valence-electron chi connectivity index (χ3n) is 5.81. The molecule has 1 aliphatic rings. The first-order chi connectivity index (χ1) is 16.1. The minimum Gasteiger partial charge on any atom is -0.357 e. The van der Waals surface area contributed by atoms with Crippen molar-refractivity contribution >= 4 is 35.8 Å². The maximum Gasteiger partial charge on any atom is 0.191 e. The highest BCUT2D eigenvalue weighted by Gasteiger charge is 2.25. The summed E-state index contributed by atoms with van der Waals surface area (Å²) >= 11 is 0. The lowest BCUT2D eigenvalue weighted by atomic mass is 10.1. The molecular formula is C25H33FIN7. The number of aliphatic imine (C=N–C) groups is 1. The number of pyridine rings is 1. The molecule has 3 aromatic rings. The van der Waals surface area contributed by atoms with Crippen molar-refractivity contribution in [2.24, 2.45) is 4.99 Å². The van der Waals surface area contributed by atoms with Gasteiger partial charge in [0.2, 0.25) is 0 Å². The summed E-state index contributed by atoms with van der Waals surface area (Å²) in [6, 6.07) is 13.4. The van der Waals surface area contributed by atoms with Crippen LogP contribution < -0.4 is 15.5 Å². The van der Waals surface area contributed by atoms with E-state index in [-0.39, 0.29) is 35.8 Å². The monoisotopic (exact) mass is 577 g/mol. The maximum absolute atomic E-state index is 14.1. The van der Waals surface area contributed by atoms with Gasteiger partial charge in [-0.3, -0.25) is 4.99 Å². The molecule has 1 saturated heterocycles. The van der Waals surface area contributed by atoms with Crippen molar-refractivity contribution < 1.29 is 4.39 Å². The summed E-state index contributed by atoms with van der Waals surface area (Å²) in [6.07, 6.45) is 6.53.